The van der Waals surface area contributed by atoms with Crippen molar-refractivity contribution in [1.82, 2.24) is 20.5 Å². The molecule has 2 N–H and O–H groups in total. The first-order valence-corrected chi connectivity index (χ1v) is 11.2. The van der Waals surface area contributed by atoms with E-state index in [0.717, 1.165) is 55.8 Å². The molecule has 1 aromatic heterocycles. The predicted molar refractivity (Wildman–Crippen MR) is 144 cm³/mol. The lowest BCUT2D eigenvalue weighted by Gasteiger charge is -2.34. The maximum atomic E-state index is 5.94. The second-order valence-electron chi connectivity index (χ2n) is 7.73. The van der Waals surface area contributed by atoms with E-state index in [9.17, 15) is 0 Å². The number of ether oxygens (including phenoxy) is 1. The number of likely N-dealkylation sites (N-methyl/N-ethyl adjacent to an activating group) is 1. The van der Waals surface area contributed by atoms with Crippen molar-refractivity contribution in [3.63, 3.8) is 0 Å². The molecule has 176 valence electrons. The fourth-order valence-electron chi connectivity index (χ4n) is 3.39. The highest BCUT2D eigenvalue weighted by molar-refractivity contribution is 14.0. The summed E-state index contributed by atoms with van der Waals surface area (Å²) in [5, 5.41) is 7.38. The van der Waals surface area contributed by atoms with Gasteiger partial charge in [-0.2, -0.15) is 0 Å². The molecule has 32 heavy (non-hydrogen) atoms. The van der Waals surface area contributed by atoms with Crippen molar-refractivity contribution in [3.05, 3.63) is 53.2 Å². The van der Waals surface area contributed by atoms with Crippen molar-refractivity contribution in [3.8, 4) is 5.75 Å². The zero-order chi connectivity index (χ0) is 22.1. The lowest BCUT2D eigenvalue weighted by atomic mass is 10.2. The van der Waals surface area contributed by atoms with E-state index in [1.54, 1.807) is 0 Å². The molecule has 1 aromatic carbocycles. The van der Waals surface area contributed by atoms with Gasteiger partial charge in [0.1, 0.15) is 17.7 Å². The summed E-state index contributed by atoms with van der Waals surface area (Å²) in [6.07, 6.45) is 1.84. The third kappa shape index (κ3) is 8.29. The minimum absolute atomic E-state index is 0. The Labute approximate surface area is 213 Å². The van der Waals surface area contributed by atoms with Crippen LogP contribution in [0.15, 0.2) is 47.6 Å². The molecular weight excluding hydrogens is 539 g/mol. The van der Waals surface area contributed by atoms with Gasteiger partial charge >= 0.3 is 0 Å². The Morgan fingerprint density at radius 3 is 2.56 bits per heavy atom. The summed E-state index contributed by atoms with van der Waals surface area (Å²) in [4.78, 5) is 14.1. The molecule has 0 saturated carbocycles. The maximum Gasteiger partial charge on any atom is 0.191 e. The summed E-state index contributed by atoms with van der Waals surface area (Å²) in [6.45, 7) is 10.2. The van der Waals surface area contributed by atoms with Gasteiger partial charge in [-0.3, -0.25) is 0 Å². The third-order valence-electron chi connectivity index (χ3n) is 5.13. The van der Waals surface area contributed by atoms with E-state index < -0.39 is 0 Å². The molecule has 0 aliphatic carbocycles. The number of aliphatic imine (C=N–C) groups is 1. The largest absolute Gasteiger partial charge is 0.489 e. The Bertz CT molecular complexity index is 843. The lowest BCUT2D eigenvalue weighted by Crippen LogP contribution is -2.45. The molecule has 0 radical (unpaired) electrons. The van der Waals surface area contributed by atoms with Crippen molar-refractivity contribution in [2.45, 2.75) is 26.5 Å². The number of piperazine rings is 1. The van der Waals surface area contributed by atoms with Gasteiger partial charge in [-0.25, -0.2) is 9.98 Å². The van der Waals surface area contributed by atoms with Crippen molar-refractivity contribution >= 4 is 47.4 Å². The van der Waals surface area contributed by atoms with Crippen molar-refractivity contribution in [1.29, 1.82) is 0 Å². The SMILES string of the molecule is CCNC(=NCc1cccnc1N1CCN(C)CC1)NCC(C)Oc1ccc(Cl)cc1.I. The second-order valence-corrected chi connectivity index (χ2v) is 8.17. The normalized spacial score (nSPS) is 15.6. The lowest BCUT2D eigenvalue weighted by molar-refractivity contribution is 0.224. The number of anilines is 1. The van der Waals surface area contributed by atoms with Gasteiger partial charge < -0.3 is 25.2 Å². The van der Waals surface area contributed by atoms with Crippen LogP contribution < -0.4 is 20.3 Å². The fourth-order valence-corrected chi connectivity index (χ4v) is 3.52. The molecule has 2 aromatic rings. The Morgan fingerprint density at radius 2 is 1.88 bits per heavy atom. The van der Waals surface area contributed by atoms with E-state index in [0.29, 0.717) is 18.1 Å². The van der Waals surface area contributed by atoms with Crippen molar-refractivity contribution in [2.24, 2.45) is 4.99 Å². The number of halogens is 2. The van der Waals surface area contributed by atoms with Gasteiger partial charge in [-0.15, -0.1) is 24.0 Å². The summed E-state index contributed by atoms with van der Waals surface area (Å²) in [7, 11) is 2.16. The molecule has 1 saturated heterocycles. The fraction of sp³-hybridized carbons (Fsp3) is 0.478. The molecule has 2 heterocycles. The monoisotopic (exact) mass is 572 g/mol. The molecule has 1 atom stereocenters. The molecule has 1 unspecified atom stereocenters. The van der Waals surface area contributed by atoms with Crippen LogP contribution in [0.2, 0.25) is 5.02 Å². The van der Waals surface area contributed by atoms with E-state index in [1.807, 2.05) is 43.5 Å². The number of benzene rings is 1. The van der Waals surface area contributed by atoms with Crippen LogP contribution >= 0.6 is 35.6 Å². The Hall–Kier alpha value is -1.78. The molecule has 1 fully saturated rings. The number of pyridine rings is 1. The van der Waals surface area contributed by atoms with E-state index in [1.165, 1.54) is 0 Å². The minimum atomic E-state index is -0.0238. The molecular formula is C23H34ClIN6O. The maximum absolute atomic E-state index is 5.94. The molecule has 0 amide bonds. The van der Waals surface area contributed by atoms with Crippen LogP contribution in [-0.2, 0) is 6.54 Å². The van der Waals surface area contributed by atoms with Crippen LogP contribution in [0.3, 0.4) is 0 Å². The quantitative estimate of drug-likeness (QED) is 0.286. The van der Waals surface area contributed by atoms with Crippen LogP contribution in [0.25, 0.3) is 0 Å². The molecule has 0 spiro atoms. The highest BCUT2D eigenvalue weighted by Gasteiger charge is 2.17. The van der Waals surface area contributed by atoms with E-state index in [2.05, 4.69) is 45.5 Å². The minimum Gasteiger partial charge on any atom is -0.489 e. The average Bonchev–Trinajstić information content (AvgIpc) is 2.78. The molecule has 7 nitrogen and oxygen atoms in total. The summed E-state index contributed by atoms with van der Waals surface area (Å²) in [5.74, 6) is 2.60. The van der Waals surface area contributed by atoms with Gasteiger partial charge in [0.25, 0.3) is 0 Å². The smallest absolute Gasteiger partial charge is 0.191 e. The Balaban J connectivity index is 0.00000363. The van der Waals surface area contributed by atoms with Crippen LogP contribution in [0.4, 0.5) is 5.82 Å². The first-order chi connectivity index (χ1) is 15.0. The molecule has 1 aliphatic rings. The van der Waals surface area contributed by atoms with E-state index >= 15 is 0 Å². The van der Waals surface area contributed by atoms with Crippen LogP contribution in [0.1, 0.15) is 19.4 Å². The number of aromatic nitrogens is 1. The first-order valence-electron chi connectivity index (χ1n) is 10.9. The number of rotatable bonds is 8. The van der Waals surface area contributed by atoms with Crippen LogP contribution in [0.5, 0.6) is 5.75 Å². The van der Waals surface area contributed by atoms with Gasteiger partial charge in [0.2, 0.25) is 0 Å². The molecule has 3 rings (SSSR count). The van der Waals surface area contributed by atoms with Crippen LogP contribution in [0, 0.1) is 0 Å². The van der Waals surface area contributed by atoms with Crippen molar-refractivity contribution < 1.29 is 4.74 Å². The molecule has 9 heteroatoms. The number of guanidine groups is 1. The number of nitrogens with one attached hydrogen (secondary N) is 2. The number of hydrogen-bond acceptors (Lipinski definition) is 5. The highest BCUT2D eigenvalue weighted by Crippen LogP contribution is 2.20. The number of hydrogen-bond donors (Lipinski definition) is 2. The van der Waals surface area contributed by atoms with E-state index in [-0.39, 0.29) is 30.1 Å². The molecule has 0 bridgehead atoms. The van der Waals surface area contributed by atoms with Crippen LogP contribution in [-0.4, -0.2) is 68.3 Å². The predicted octanol–water partition coefficient (Wildman–Crippen LogP) is 3.63. The van der Waals surface area contributed by atoms with Gasteiger partial charge in [-0.05, 0) is 51.2 Å². The zero-order valence-corrected chi connectivity index (χ0v) is 22.1. The molecule has 1 aliphatic heterocycles. The summed E-state index contributed by atoms with van der Waals surface area (Å²) in [5.41, 5.74) is 1.13. The van der Waals surface area contributed by atoms with Gasteiger partial charge in [0, 0.05) is 49.5 Å². The zero-order valence-electron chi connectivity index (χ0n) is 19.1. The Morgan fingerprint density at radius 1 is 1.16 bits per heavy atom. The summed E-state index contributed by atoms with van der Waals surface area (Å²) < 4.78 is 5.94. The average molecular weight is 573 g/mol. The standard InChI is InChI=1S/C23H33ClN6O.HI/c1-4-25-23(27-16-18(2)31-21-9-7-20(24)8-10-21)28-17-19-6-5-11-26-22(19)30-14-12-29(3)13-15-30;/h5-11,18H,4,12-17H2,1-3H3,(H2,25,27,28);1H. The van der Waals surface area contributed by atoms with Gasteiger partial charge in [0.05, 0.1) is 13.1 Å². The number of nitrogens with zero attached hydrogens (tertiary/aromatic N) is 4. The third-order valence-corrected chi connectivity index (χ3v) is 5.38. The highest BCUT2D eigenvalue weighted by atomic mass is 127. The van der Waals surface area contributed by atoms with E-state index in [4.69, 9.17) is 21.3 Å². The van der Waals surface area contributed by atoms with Gasteiger partial charge in [-0.1, -0.05) is 17.7 Å². The topological polar surface area (TPSA) is 65.0 Å². The summed E-state index contributed by atoms with van der Waals surface area (Å²) >= 11 is 5.94. The van der Waals surface area contributed by atoms with Gasteiger partial charge in [0.15, 0.2) is 5.96 Å². The van der Waals surface area contributed by atoms with Crippen molar-refractivity contribution in [2.75, 3.05) is 51.2 Å². The Kier molecular flexibility index (Phi) is 11.3. The first kappa shape index (κ1) is 26.5. The summed E-state index contributed by atoms with van der Waals surface area (Å²) in [6, 6.07) is 11.5. The second kappa shape index (κ2) is 13.7.